The van der Waals surface area contributed by atoms with Gasteiger partial charge in [-0.3, -0.25) is 4.79 Å². The molecule has 0 aliphatic heterocycles. The summed E-state index contributed by atoms with van der Waals surface area (Å²) in [6.45, 7) is 7.46. The molecular weight excluding hydrogens is 316 g/mol. The van der Waals surface area contributed by atoms with Crippen molar-refractivity contribution in [2.45, 2.75) is 39.8 Å². The van der Waals surface area contributed by atoms with Crippen LogP contribution in [0.1, 0.15) is 37.2 Å². The maximum Gasteiger partial charge on any atom is 0.293 e. The van der Waals surface area contributed by atoms with Crippen LogP contribution in [0.25, 0.3) is 5.69 Å². The fraction of sp³-hybridized carbons (Fsp3) is 0.438. The van der Waals surface area contributed by atoms with E-state index in [1.807, 2.05) is 26.0 Å². The Morgan fingerprint density at radius 3 is 2.43 bits per heavy atom. The van der Waals surface area contributed by atoms with Crippen molar-refractivity contribution in [1.82, 2.24) is 19.7 Å². The van der Waals surface area contributed by atoms with Crippen LogP contribution >= 0.6 is 11.6 Å². The first-order valence-corrected chi connectivity index (χ1v) is 7.86. The molecule has 1 atom stereocenters. The molecular formula is C16H21ClN4O2. The molecule has 0 radical (unpaired) electrons. The lowest BCUT2D eigenvalue weighted by Gasteiger charge is -2.26. The van der Waals surface area contributed by atoms with Gasteiger partial charge in [0.1, 0.15) is 5.82 Å². The molecule has 0 aliphatic carbocycles. The van der Waals surface area contributed by atoms with Gasteiger partial charge in [0.25, 0.3) is 5.91 Å². The molecule has 1 heterocycles. The van der Waals surface area contributed by atoms with Crippen LogP contribution in [-0.4, -0.2) is 49.4 Å². The molecule has 0 saturated carbocycles. The number of benzene rings is 1. The molecule has 0 fully saturated rings. The summed E-state index contributed by atoms with van der Waals surface area (Å²) in [6.07, 6.45) is -0.610. The topological polar surface area (TPSA) is 71.2 Å². The van der Waals surface area contributed by atoms with Gasteiger partial charge in [0.15, 0.2) is 0 Å². The van der Waals surface area contributed by atoms with Crippen LogP contribution in [0.4, 0.5) is 0 Å². The van der Waals surface area contributed by atoms with E-state index in [0.29, 0.717) is 10.8 Å². The Morgan fingerprint density at radius 1 is 1.30 bits per heavy atom. The van der Waals surface area contributed by atoms with E-state index < -0.39 is 6.10 Å². The van der Waals surface area contributed by atoms with Gasteiger partial charge in [-0.25, -0.2) is 9.67 Å². The lowest BCUT2D eigenvalue weighted by Crippen LogP contribution is -2.41. The number of aromatic nitrogens is 3. The van der Waals surface area contributed by atoms with Crippen LogP contribution in [0.5, 0.6) is 0 Å². The van der Waals surface area contributed by atoms with Gasteiger partial charge in [-0.15, -0.1) is 5.10 Å². The molecule has 23 heavy (non-hydrogen) atoms. The highest BCUT2D eigenvalue weighted by Crippen LogP contribution is 2.15. The number of aliphatic hydroxyl groups excluding tert-OH is 1. The molecule has 0 bridgehead atoms. The minimum absolute atomic E-state index is 0.0557. The molecule has 7 heteroatoms. The molecule has 2 rings (SSSR count). The third kappa shape index (κ3) is 4.09. The van der Waals surface area contributed by atoms with Crippen LogP contribution in [0, 0.1) is 6.92 Å². The number of aliphatic hydroxyl groups is 1. The van der Waals surface area contributed by atoms with Crippen molar-refractivity contribution in [2.75, 3.05) is 6.54 Å². The van der Waals surface area contributed by atoms with Crippen LogP contribution in [0.3, 0.4) is 0 Å². The summed E-state index contributed by atoms with van der Waals surface area (Å²) in [4.78, 5) is 18.5. The first-order valence-electron chi connectivity index (χ1n) is 7.48. The Hall–Kier alpha value is -1.92. The number of nitrogens with zero attached hydrogens (tertiary/aromatic N) is 4. The van der Waals surface area contributed by atoms with Gasteiger partial charge in [-0.05, 0) is 52.0 Å². The van der Waals surface area contributed by atoms with E-state index in [0.717, 1.165) is 5.69 Å². The molecule has 1 amide bonds. The van der Waals surface area contributed by atoms with E-state index >= 15 is 0 Å². The molecule has 0 spiro atoms. The van der Waals surface area contributed by atoms with Crippen molar-refractivity contribution in [3.05, 3.63) is 40.9 Å². The highest BCUT2D eigenvalue weighted by atomic mass is 35.5. The highest BCUT2D eigenvalue weighted by Gasteiger charge is 2.24. The van der Waals surface area contributed by atoms with E-state index in [9.17, 15) is 9.90 Å². The Balaban J connectivity index is 2.32. The Kier molecular flexibility index (Phi) is 5.38. The second-order valence-electron chi connectivity index (χ2n) is 5.77. The Morgan fingerprint density at radius 2 is 1.91 bits per heavy atom. The zero-order chi connectivity index (χ0) is 17.1. The zero-order valence-corrected chi connectivity index (χ0v) is 14.4. The van der Waals surface area contributed by atoms with Gasteiger partial charge in [0.2, 0.25) is 5.82 Å². The van der Waals surface area contributed by atoms with Gasteiger partial charge >= 0.3 is 0 Å². The van der Waals surface area contributed by atoms with Crippen molar-refractivity contribution < 1.29 is 9.90 Å². The monoisotopic (exact) mass is 336 g/mol. The summed E-state index contributed by atoms with van der Waals surface area (Å²) in [5.41, 5.74) is 0.782. The van der Waals surface area contributed by atoms with Crippen molar-refractivity contribution >= 4 is 17.5 Å². The average Bonchev–Trinajstić information content (AvgIpc) is 2.86. The minimum atomic E-state index is -0.610. The summed E-state index contributed by atoms with van der Waals surface area (Å²) in [5.74, 6) is 0.430. The van der Waals surface area contributed by atoms with Crippen molar-refractivity contribution in [3.63, 3.8) is 0 Å². The van der Waals surface area contributed by atoms with Crippen LogP contribution < -0.4 is 0 Å². The van der Waals surface area contributed by atoms with Crippen molar-refractivity contribution in [3.8, 4) is 5.69 Å². The third-order valence-corrected chi connectivity index (χ3v) is 3.63. The fourth-order valence-corrected chi connectivity index (χ4v) is 2.37. The van der Waals surface area contributed by atoms with Crippen molar-refractivity contribution in [2.24, 2.45) is 0 Å². The van der Waals surface area contributed by atoms with Crippen molar-refractivity contribution in [1.29, 1.82) is 0 Å². The average molecular weight is 337 g/mol. The van der Waals surface area contributed by atoms with E-state index in [1.165, 1.54) is 0 Å². The molecule has 1 N–H and O–H groups in total. The van der Waals surface area contributed by atoms with E-state index in [2.05, 4.69) is 10.1 Å². The fourth-order valence-electron chi connectivity index (χ4n) is 2.25. The van der Waals surface area contributed by atoms with Gasteiger partial charge in [0, 0.05) is 17.6 Å². The number of halogens is 1. The first-order chi connectivity index (χ1) is 10.8. The normalized spacial score (nSPS) is 12.5. The second-order valence-corrected chi connectivity index (χ2v) is 6.21. The SMILES string of the molecule is Cc1nc(C(=O)N(CC(C)O)C(C)C)nn1-c1ccc(Cl)cc1. The summed E-state index contributed by atoms with van der Waals surface area (Å²) in [5, 5.41) is 14.5. The summed E-state index contributed by atoms with van der Waals surface area (Å²) < 4.78 is 1.60. The lowest BCUT2D eigenvalue weighted by molar-refractivity contribution is 0.0567. The standard InChI is InChI=1S/C16H21ClN4O2/c1-10(2)20(9-11(3)22)16(23)15-18-12(4)21(19-15)14-7-5-13(17)6-8-14/h5-8,10-11,22H,9H2,1-4H3. The summed E-state index contributed by atoms with van der Waals surface area (Å²) >= 11 is 5.89. The van der Waals surface area contributed by atoms with E-state index in [4.69, 9.17) is 11.6 Å². The first kappa shape index (κ1) is 17.4. The van der Waals surface area contributed by atoms with Crippen LogP contribution in [-0.2, 0) is 0 Å². The van der Waals surface area contributed by atoms with Crippen LogP contribution in [0.2, 0.25) is 5.02 Å². The van der Waals surface area contributed by atoms with Gasteiger partial charge in [-0.1, -0.05) is 11.6 Å². The molecule has 2 aromatic rings. The number of hydrogen-bond donors (Lipinski definition) is 1. The second kappa shape index (κ2) is 7.10. The van der Waals surface area contributed by atoms with E-state index in [-0.39, 0.29) is 24.3 Å². The van der Waals surface area contributed by atoms with Gasteiger partial charge < -0.3 is 10.0 Å². The number of hydrogen-bond acceptors (Lipinski definition) is 4. The summed E-state index contributed by atoms with van der Waals surface area (Å²) in [6, 6.07) is 7.09. The Bertz CT molecular complexity index is 680. The predicted octanol–water partition coefficient (Wildman–Crippen LogP) is 2.46. The maximum atomic E-state index is 12.6. The number of rotatable bonds is 5. The molecule has 0 aliphatic rings. The Labute approximate surface area is 140 Å². The third-order valence-electron chi connectivity index (χ3n) is 3.38. The quantitative estimate of drug-likeness (QED) is 0.910. The number of carbonyl (C=O) groups excluding carboxylic acids is 1. The van der Waals surface area contributed by atoms with E-state index in [1.54, 1.807) is 35.6 Å². The summed E-state index contributed by atoms with van der Waals surface area (Å²) in [7, 11) is 0. The molecule has 124 valence electrons. The number of carbonyl (C=O) groups is 1. The largest absolute Gasteiger partial charge is 0.392 e. The molecule has 6 nitrogen and oxygen atoms in total. The molecule has 1 unspecified atom stereocenters. The molecule has 1 aromatic heterocycles. The zero-order valence-electron chi connectivity index (χ0n) is 13.7. The smallest absolute Gasteiger partial charge is 0.293 e. The highest BCUT2D eigenvalue weighted by molar-refractivity contribution is 6.30. The van der Waals surface area contributed by atoms with Gasteiger partial charge in [0.05, 0.1) is 11.8 Å². The minimum Gasteiger partial charge on any atom is -0.392 e. The lowest BCUT2D eigenvalue weighted by atomic mass is 10.2. The number of aryl methyl sites for hydroxylation is 1. The predicted molar refractivity (Wildman–Crippen MR) is 89.0 cm³/mol. The maximum absolute atomic E-state index is 12.6. The molecule has 1 aromatic carbocycles. The van der Waals surface area contributed by atoms with Gasteiger partial charge in [-0.2, -0.15) is 0 Å². The number of amides is 1. The van der Waals surface area contributed by atoms with Crippen LogP contribution in [0.15, 0.2) is 24.3 Å². The molecule has 0 saturated heterocycles.